The lowest BCUT2D eigenvalue weighted by molar-refractivity contribution is -0.137. The van der Waals surface area contributed by atoms with E-state index in [2.05, 4.69) is 25.3 Å². The minimum Gasteiger partial charge on any atom is -0.484 e. The van der Waals surface area contributed by atoms with Crippen LogP contribution in [0.4, 0.5) is 22.0 Å². The van der Waals surface area contributed by atoms with Crippen LogP contribution in [0, 0.1) is 11.3 Å². The van der Waals surface area contributed by atoms with Gasteiger partial charge in [0.15, 0.2) is 11.6 Å². The van der Waals surface area contributed by atoms with Crippen LogP contribution in [-0.4, -0.2) is 38.9 Å². The fraction of sp³-hybridized carbons (Fsp3) is 0.333. The molecule has 13 heteroatoms. The van der Waals surface area contributed by atoms with Crippen LogP contribution in [0.2, 0.25) is 0 Å². The van der Waals surface area contributed by atoms with Gasteiger partial charge in [-0.25, -0.2) is 23.7 Å². The summed E-state index contributed by atoms with van der Waals surface area (Å²) in [7, 11) is 0. The minimum atomic E-state index is -4.71. The van der Waals surface area contributed by atoms with E-state index in [-0.39, 0.29) is 34.1 Å². The number of halogens is 5. The van der Waals surface area contributed by atoms with Crippen LogP contribution in [0.1, 0.15) is 53.0 Å². The number of carbonyl (C=O) groups is 1. The molecular weight excluding hydrogens is 499 g/mol. The number of carbonyl (C=O) groups excluding carboxylic acids is 1. The molecule has 0 bridgehead atoms. The molecule has 3 aromatic rings. The maximum atomic E-state index is 13.5. The molecule has 0 saturated heterocycles. The molecule has 0 spiro atoms. The maximum absolute atomic E-state index is 13.5. The fourth-order valence-electron chi connectivity index (χ4n) is 3.65. The highest BCUT2D eigenvalue weighted by Gasteiger charge is 2.46. The molecule has 2 aromatic heterocycles. The monoisotopic (exact) mass is 518 g/mol. The number of nitriles is 1. The second kappa shape index (κ2) is 10.0. The highest BCUT2D eigenvalue weighted by atomic mass is 19.4. The number of hydrogen-bond donors (Lipinski definition) is 1. The number of hydrogen-bond acceptors (Lipinski definition) is 7. The fourth-order valence-corrected chi connectivity index (χ4v) is 3.65. The number of nitrogens with one attached hydrogen (secondary N) is 1. The van der Waals surface area contributed by atoms with Crippen molar-refractivity contribution in [2.24, 2.45) is 0 Å². The molecule has 2 heterocycles. The van der Waals surface area contributed by atoms with E-state index in [4.69, 9.17) is 4.74 Å². The first kappa shape index (κ1) is 25.9. The molecule has 1 atom stereocenters. The Morgan fingerprint density at radius 3 is 2.41 bits per heavy atom. The minimum absolute atomic E-state index is 0.0157. The number of nitrogens with zero attached hydrogens (tertiary/aromatic N) is 5. The van der Waals surface area contributed by atoms with Gasteiger partial charge in [0.2, 0.25) is 0 Å². The van der Waals surface area contributed by atoms with E-state index >= 15 is 0 Å². The molecule has 192 valence electrons. The summed E-state index contributed by atoms with van der Waals surface area (Å²) in [4.78, 5) is 29.5. The molecule has 1 fully saturated rings. The van der Waals surface area contributed by atoms with Gasteiger partial charge in [-0.1, -0.05) is 0 Å². The van der Waals surface area contributed by atoms with Gasteiger partial charge in [-0.2, -0.15) is 18.4 Å². The lowest BCUT2D eigenvalue weighted by Gasteiger charge is -2.18. The summed E-state index contributed by atoms with van der Waals surface area (Å²) in [6, 6.07) is 4.15. The van der Waals surface area contributed by atoms with E-state index in [9.17, 15) is 32.0 Å². The van der Waals surface area contributed by atoms with Crippen LogP contribution >= 0.6 is 0 Å². The molecule has 1 N–H and O–H groups in total. The van der Waals surface area contributed by atoms with E-state index < -0.39 is 42.1 Å². The molecule has 1 unspecified atom stereocenters. The van der Waals surface area contributed by atoms with Crippen LogP contribution in [0.15, 0.2) is 43.0 Å². The number of alkyl halides is 5. The van der Waals surface area contributed by atoms with E-state index in [1.165, 1.54) is 30.9 Å². The zero-order valence-electron chi connectivity index (χ0n) is 19.3. The summed E-state index contributed by atoms with van der Waals surface area (Å²) in [5.41, 5.74) is -1.76. The lowest BCUT2D eigenvalue weighted by Crippen LogP contribution is -2.28. The molecule has 37 heavy (non-hydrogen) atoms. The Hall–Kier alpha value is -4.21. The van der Waals surface area contributed by atoms with Gasteiger partial charge < -0.3 is 10.1 Å². The largest absolute Gasteiger partial charge is 0.484 e. The third-order valence-corrected chi connectivity index (χ3v) is 5.74. The molecular formula is C24H19F5N6O2. The Labute approximate surface area is 207 Å². The summed E-state index contributed by atoms with van der Waals surface area (Å²) in [5.74, 6) is -0.719. The average molecular weight is 518 g/mol. The second-order valence-corrected chi connectivity index (χ2v) is 8.42. The summed E-state index contributed by atoms with van der Waals surface area (Å²) < 4.78 is 70.0. The van der Waals surface area contributed by atoms with Gasteiger partial charge in [0.25, 0.3) is 12.3 Å². The predicted molar refractivity (Wildman–Crippen MR) is 118 cm³/mol. The maximum Gasteiger partial charge on any atom is 0.416 e. The normalized spacial score (nSPS) is 15.1. The van der Waals surface area contributed by atoms with Gasteiger partial charge in [-0.15, -0.1) is 0 Å². The van der Waals surface area contributed by atoms with Gasteiger partial charge >= 0.3 is 6.18 Å². The lowest BCUT2D eigenvalue weighted by atomic mass is 9.93. The van der Waals surface area contributed by atoms with Crippen molar-refractivity contribution < 1.29 is 31.5 Å². The number of benzene rings is 1. The first-order chi connectivity index (χ1) is 17.5. The van der Waals surface area contributed by atoms with Crippen molar-refractivity contribution in [1.29, 1.82) is 5.26 Å². The van der Waals surface area contributed by atoms with Crippen molar-refractivity contribution in [2.75, 3.05) is 6.61 Å². The predicted octanol–water partition coefficient (Wildman–Crippen LogP) is 4.64. The van der Waals surface area contributed by atoms with Crippen molar-refractivity contribution in [2.45, 2.75) is 43.8 Å². The molecule has 1 aliphatic rings. The number of ether oxygens (including phenoxy) is 1. The SMILES string of the molecule is CC(NC(=O)c1cc(C(F)(F)F)cc(C2(C#N)CC2)c1)c1nccnc1-c1ncc(OCC(F)F)cn1. The van der Waals surface area contributed by atoms with Crippen molar-refractivity contribution in [1.82, 2.24) is 25.3 Å². The topological polar surface area (TPSA) is 114 Å². The quantitative estimate of drug-likeness (QED) is 0.432. The molecule has 4 rings (SSSR count). The van der Waals surface area contributed by atoms with Gasteiger partial charge in [-0.3, -0.25) is 9.78 Å². The van der Waals surface area contributed by atoms with Crippen molar-refractivity contribution in [3.63, 3.8) is 0 Å². The highest BCUT2D eigenvalue weighted by molar-refractivity contribution is 5.95. The Balaban J connectivity index is 1.58. The molecule has 0 aliphatic heterocycles. The van der Waals surface area contributed by atoms with Gasteiger partial charge in [-0.05, 0) is 43.5 Å². The van der Waals surface area contributed by atoms with Gasteiger partial charge in [0, 0.05) is 18.0 Å². The van der Waals surface area contributed by atoms with Crippen molar-refractivity contribution >= 4 is 5.91 Å². The molecule has 1 aliphatic carbocycles. The Kier molecular flexibility index (Phi) is 7.02. The molecule has 1 aromatic carbocycles. The number of aromatic nitrogens is 4. The summed E-state index contributed by atoms with van der Waals surface area (Å²) in [6.45, 7) is 0.729. The van der Waals surface area contributed by atoms with Crippen LogP contribution in [0.5, 0.6) is 5.75 Å². The van der Waals surface area contributed by atoms with E-state index in [0.29, 0.717) is 12.8 Å². The number of amides is 1. The summed E-state index contributed by atoms with van der Waals surface area (Å²) in [6.07, 6.45) is -1.48. The van der Waals surface area contributed by atoms with Gasteiger partial charge in [0.1, 0.15) is 12.3 Å². The number of rotatable bonds is 8. The zero-order valence-corrected chi connectivity index (χ0v) is 19.3. The highest BCUT2D eigenvalue weighted by Crippen LogP contribution is 2.49. The molecule has 0 radical (unpaired) electrons. The zero-order chi connectivity index (χ0) is 26.8. The van der Waals surface area contributed by atoms with E-state index in [0.717, 1.165) is 12.1 Å². The third kappa shape index (κ3) is 5.79. The van der Waals surface area contributed by atoms with Crippen LogP contribution in [0.3, 0.4) is 0 Å². The van der Waals surface area contributed by atoms with E-state index in [1.54, 1.807) is 6.92 Å². The summed E-state index contributed by atoms with van der Waals surface area (Å²) in [5, 5.41) is 12.0. The van der Waals surface area contributed by atoms with Crippen LogP contribution in [0.25, 0.3) is 11.5 Å². The third-order valence-electron chi connectivity index (χ3n) is 5.74. The van der Waals surface area contributed by atoms with Crippen molar-refractivity contribution in [3.8, 4) is 23.3 Å². The Morgan fingerprint density at radius 1 is 1.14 bits per heavy atom. The first-order valence-corrected chi connectivity index (χ1v) is 11.0. The van der Waals surface area contributed by atoms with Gasteiger partial charge in [0.05, 0.1) is 41.2 Å². The average Bonchev–Trinajstić information content (AvgIpc) is 3.68. The standard InChI is InChI=1S/C24H19F5N6O2/c1-13(19-20(32-5-4-31-19)21-33-9-17(10-34-21)37-11-18(25)26)35-22(36)14-6-15(23(12-30)2-3-23)8-16(7-14)24(27,28)29/h4-10,13,18H,2-3,11H2,1H3,(H,35,36). The summed E-state index contributed by atoms with van der Waals surface area (Å²) >= 11 is 0. The molecule has 1 amide bonds. The van der Waals surface area contributed by atoms with Crippen LogP contribution in [-0.2, 0) is 11.6 Å². The van der Waals surface area contributed by atoms with Crippen LogP contribution < -0.4 is 10.1 Å². The molecule has 8 nitrogen and oxygen atoms in total. The first-order valence-electron chi connectivity index (χ1n) is 11.0. The molecule has 1 saturated carbocycles. The van der Waals surface area contributed by atoms with Crippen molar-refractivity contribution in [3.05, 3.63) is 65.4 Å². The second-order valence-electron chi connectivity index (χ2n) is 8.42. The smallest absolute Gasteiger partial charge is 0.416 e. The van der Waals surface area contributed by atoms with E-state index in [1.807, 2.05) is 6.07 Å². The Bertz CT molecular complexity index is 1340. The Morgan fingerprint density at radius 2 is 1.81 bits per heavy atom.